The number of sulfonamides is 1. The zero-order valence-corrected chi connectivity index (χ0v) is 12.3. The largest absolute Gasteiger partial charge is 0.289 e. The van der Waals surface area contributed by atoms with Gasteiger partial charge in [-0.3, -0.25) is 19.8 Å². The molecule has 0 aliphatic heterocycles. The van der Waals surface area contributed by atoms with E-state index in [1.807, 2.05) is 0 Å². The third-order valence-electron chi connectivity index (χ3n) is 2.37. The molecule has 1 heterocycles. The van der Waals surface area contributed by atoms with E-state index in [9.17, 15) is 18.5 Å². The maximum Gasteiger partial charge on any atom is 0.289 e. The highest BCUT2D eigenvalue weighted by molar-refractivity contribution is 9.10. The number of hydrogen-bond donors (Lipinski definition) is 1. The van der Waals surface area contributed by atoms with E-state index in [-0.39, 0.29) is 5.69 Å². The molecule has 1 aromatic heterocycles. The van der Waals surface area contributed by atoms with E-state index < -0.39 is 25.5 Å². The summed E-state index contributed by atoms with van der Waals surface area (Å²) < 4.78 is 27.2. The van der Waals surface area contributed by atoms with Crippen molar-refractivity contribution in [1.29, 1.82) is 0 Å². The zero-order chi connectivity index (χ0) is 14.8. The number of hydrogen-bond acceptors (Lipinski definition) is 5. The number of halogens is 1. The quantitative estimate of drug-likeness (QED) is 0.668. The number of rotatable bonds is 4. The van der Waals surface area contributed by atoms with E-state index in [1.165, 1.54) is 36.7 Å². The van der Waals surface area contributed by atoms with E-state index in [1.54, 1.807) is 0 Å². The predicted molar refractivity (Wildman–Crippen MR) is 75.8 cm³/mol. The Labute approximate surface area is 123 Å². The average molecular weight is 358 g/mol. The van der Waals surface area contributed by atoms with Crippen LogP contribution in [0.5, 0.6) is 0 Å². The lowest BCUT2D eigenvalue weighted by Crippen LogP contribution is -2.15. The molecular formula is C11H8BrN3O4S. The van der Waals surface area contributed by atoms with Crippen LogP contribution in [-0.4, -0.2) is 18.3 Å². The highest BCUT2D eigenvalue weighted by Crippen LogP contribution is 2.27. The maximum atomic E-state index is 12.2. The molecule has 0 unspecified atom stereocenters. The second kappa shape index (κ2) is 5.55. The molecule has 0 aliphatic carbocycles. The normalized spacial score (nSPS) is 11.1. The van der Waals surface area contributed by atoms with Crippen LogP contribution in [0.2, 0.25) is 0 Å². The Morgan fingerprint density at radius 3 is 2.60 bits per heavy atom. The van der Waals surface area contributed by atoms with Crippen LogP contribution in [0.3, 0.4) is 0 Å². The minimum Gasteiger partial charge on any atom is -0.278 e. The van der Waals surface area contributed by atoms with Gasteiger partial charge in [0.15, 0.2) is 4.90 Å². The van der Waals surface area contributed by atoms with Crippen LogP contribution < -0.4 is 4.72 Å². The predicted octanol–water partition coefficient (Wildman–Crippen LogP) is 2.55. The van der Waals surface area contributed by atoms with E-state index >= 15 is 0 Å². The first-order valence-corrected chi connectivity index (χ1v) is 7.55. The Morgan fingerprint density at radius 1 is 1.25 bits per heavy atom. The molecule has 104 valence electrons. The Morgan fingerprint density at radius 2 is 1.95 bits per heavy atom. The van der Waals surface area contributed by atoms with E-state index in [4.69, 9.17) is 0 Å². The van der Waals surface area contributed by atoms with Gasteiger partial charge in [-0.15, -0.1) is 0 Å². The third-order valence-corrected chi connectivity index (χ3v) is 4.41. The van der Waals surface area contributed by atoms with Crippen molar-refractivity contribution < 1.29 is 13.3 Å². The summed E-state index contributed by atoms with van der Waals surface area (Å²) in [6, 6.07) is 6.57. The summed E-state index contributed by atoms with van der Waals surface area (Å²) in [7, 11) is -4.06. The van der Waals surface area contributed by atoms with Crippen molar-refractivity contribution in [3.8, 4) is 0 Å². The molecule has 0 spiro atoms. The van der Waals surface area contributed by atoms with Crippen molar-refractivity contribution >= 4 is 37.3 Å². The molecule has 2 rings (SSSR count). The van der Waals surface area contributed by atoms with Crippen molar-refractivity contribution in [2.75, 3.05) is 4.72 Å². The molecule has 20 heavy (non-hydrogen) atoms. The van der Waals surface area contributed by atoms with E-state index in [2.05, 4.69) is 25.6 Å². The molecular weight excluding hydrogens is 350 g/mol. The molecule has 1 N–H and O–H groups in total. The number of nitro benzene ring substituents is 1. The van der Waals surface area contributed by atoms with E-state index in [0.717, 1.165) is 6.07 Å². The average Bonchev–Trinajstić information content (AvgIpc) is 2.41. The fourth-order valence-electron chi connectivity index (χ4n) is 1.49. The number of pyridine rings is 1. The van der Waals surface area contributed by atoms with Gasteiger partial charge in [0.2, 0.25) is 0 Å². The molecule has 1 aromatic carbocycles. The molecule has 0 bridgehead atoms. The molecule has 0 amide bonds. The van der Waals surface area contributed by atoms with Crippen molar-refractivity contribution in [1.82, 2.24) is 4.98 Å². The molecule has 2 aromatic rings. The van der Waals surface area contributed by atoms with Gasteiger partial charge in [0.25, 0.3) is 15.7 Å². The first kappa shape index (κ1) is 14.4. The molecule has 0 radical (unpaired) electrons. The lowest BCUT2D eigenvalue weighted by Gasteiger charge is -2.09. The van der Waals surface area contributed by atoms with Gasteiger partial charge in [-0.25, -0.2) is 8.42 Å². The SMILES string of the molecule is O=[N+]([O-])c1ccccc1S(=O)(=O)Nc1ccncc1Br. The highest BCUT2D eigenvalue weighted by Gasteiger charge is 2.25. The molecule has 7 nitrogen and oxygen atoms in total. The first-order valence-electron chi connectivity index (χ1n) is 5.27. The standard InChI is InChI=1S/C11H8BrN3O4S/c12-8-7-13-6-5-9(8)14-20(18,19)11-4-2-1-3-10(11)15(16)17/h1-7H,(H,13,14). The first-order chi connectivity index (χ1) is 9.42. The zero-order valence-electron chi connectivity index (χ0n) is 9.86. The maximum absolute atomic E-state index is 12.2. The number of nitrogens with one attached hydrogen (secondary N) is 1. The monoisotopic (exact) mass is 357 g/mol. The summed E-state index contributed by atoms with van der Waals surface area (Å²) in [6.07, 6.45) is 2.82. The van der Waals surface area contributed by atoms with Gasteiger partial charge in [0.1, 0.15) is 0 Å². The van der Waals surface area contributed by atoms with E-state index in [0.29, 0.717) is 4.47 Å². The number of para-hydroxylation sites is 1. The number of nitrogens with zero attached hydrogens (tertiary/aromatic N) is 2. The van der Waals surface area contributed by atoms with Gasteiger partial charge in [-0.2, -0.15) is 0 Å². The van der Waals surface area contributed by atoms with Crippen LogP contribution in [0, 0.1) is 10.1 Å². The summed E-state index contributed by atoms with van der Waals surface area (Å²) in [5, 5.41) is 10.9. The fraction of sp³-hybridized carbons (Fsp3) is 0. The van der Waals surface area contributed by atoms with Gasteiger partial charge < -0.3 is 0 Å². The Bertz CT molecular complexity index is 764. The molecule has 0 fully saturated rings. The summed E-state index contributed by atoms with van der Waals surface area (Å²) >= 11 is 3.15. The molecule has 0 atom stereocenters. The number of benzene rings is 1. The third kappa shape index (κ3) is 2.94. The number of nitro groups is 1. The van der Waals surface area contributed by atoms with Gasteiger partial charge in [-0.1, -0.05) is 12.1 Å². The molecule has 9 heteroatoms. The smallest absolute Gasteiger partial charge is 0.278 e. The van der Waals surface area contributed by atoms with Crippen molar-refractivity contribution in [3.63, 3.8) is 0 Å². The van der Waals surface area contributed by atoms with Gasteiger partial charge in [0, 0.05) is 18.5 Å². The topological polar surface area (TPSA) is 102 Å². The lowest BCUT2D eigenvalue weighted by molar-refractivity contribution is -0.387. The van der Waals surface area contributed by atoms with Crippen molar-refractivity contribution in [2.24, 2.45) is 0 Å². The fourth-order valence-corrected chi connectivity index (χ4v) is 3.23. The summed E-state index contributed by atoms with van der Waals surface area (Å²) in [4.78, 5) is 13.6. The second-order valence-electron chi connectivity index (χ2n) is 3.69. The van der Waals surface area contributed by atoms with Gasteiger partial charge in [0.05, 0.1) is 15.1 Å². The second-order valence-corrected chi connectivity index (χ2v) is 6.19. The number of anilines is 1. The van der Waals surface area contributed by atoms with Crippen molar-refractivity contribution in [3.05, 3.63) is 57.3 Å². The van der Waals surface area contributed by atoms with Crippen LogP contribution in [0.15, 0.2) is 52.1 Å². The minimum atomic E-state index is -4.06. The minimum absolute atomic E-state index is 0.248. The van der Waals surface area contributed by atoms with Crippen LogP contribution in [0.1, 0.15) is 0 Å². The summed E-state index contributed by atoms with van der Waals surface area (Å²) in [5.41, 5.74) is -0.233. The van der Waals surface area contributed by atoms with Gasteiger partial charge >= 0.3 is 0 Å². The van der Waals surface area contributed by atoms with Gasteiger partial charge in [-0.05, 0) is 28.1 Å². The molecule has 0 saturated carbocycles. The molecule has 0 saturated heterocycles. The summed E-state index contributed by atoms with van der Waals surface area (Å²) in [5.74, 6) is 0. The van der Waals surface area contributed by atoms with Crippen LogP contribution in [-0.2, 0) is 10.0 Å². The Balaban J connectivity index is 2.47. The number of aromatic nitrogens is 1. The molecule has 0 aliphatic rings. The lowest BCUT2D eigenvalue weighted by atomic mass is 10.3. The summed E-state index contributed by atoms with van der Waals surface area (Å²) in [6.45, 7) is 0. The Kier molecular flexibility index (Phi) is 4.00. The van der Waals surface area contributed by atoms with Crippen molar-refractivity contribution in [2.45, 2.75) is 4.90 Å². The highest BCUT2D eigenvalue weighted by atomic mass is 79.9. The Hall–Kier alpha value is -2.00. The van der Waals surface area contributed by atoms with Crippen LogP contribution >= 0.6 is 15.9 Å². The van der Waals surface area contributed by atoms with Crippen LogP contribution in [0.4, 0.5) is 11.4 Å². The van der Waals surface area contributed by atoms with Crippen LogP contribution in [0.25, 0.3) is 0 Å².